The van der Waals surface area contributed by atoms with E-state index < -0.39 is 6.10 Å². The number of rotatable bonds is 4. The third-order valence-electron chi connectivity index (χ3n) is 7.11. The van der Waals surface area contributed by atoms with E-state index in [0.29, 0.717) is 17.3 Å². The van der Waals surface area contributed by atoms with E-state index >= 15 is 0 Å². The molecule has 1 saturated carbocycles. The largest absolute Gasteiger partial charge is 0.391 e. The number of aliphatic hydroxyl groups is 1. The second-order valence-electron chi connectivity index (χ2n) is 9.32. The molecule has 1 fully saturated rings. The van der Waals surface area contributed by atoms with Gasteiger partial charge in [0.05, 0.1) is 35.1 Å². The minimum absolute atomic E-state index is 0.0852. The molecule has 174 valence electrons. The summed E-state index contributed by atoms with van der Waals surface area (Å²) in [5.74, 6) is 0. The molecule has 6 heteroatoms. The Balaban J connectivity index is 1.44. The molecule has 6 rings (SSSR count). The molecule has 0 bridgehead atoms. The molecule has 1 N–H and O–H groups in total. The zero-order valence-electron chi connectivity index (χ0n) is 19.3. The van der Waals surface area contributed by atoms with Gasteiger partial charge in [-0.15, -0.1) is 0 Å². The zero-order valence-corrected chi connectivity index (χ0v) is 19.3. The summed E-state index contributed by atoms with van der Waals surface area (Å²) in [6.07, 6.45) is 10.7. The van der Waals surface area contributed by atoms with Gasteiger partial charge in [0.15, 0.2) is 0 Å². The number of fused-ring (bicyclic) bond motifs is 3. The number of benzene rings is 2. The third-order valence-corrected chi connectivity index (χ3v) is 7.11. The van der Waals surface area contributed by atoms with Crippen molar-refractivity contribution in [2.45, 2.75) is 44.2 Å². The van der Waals surface area contributed by atoms with Crippen LogP contribution in [0.25, 0.3) is 32.9 Å². The van der Waals surface area contributed by atoms with Crippen molar-refractivity contribution < 1.29 is 5.11 Å². The molecule has 0 amide bonds. The summed E-state index contributed by atoms with van der Waals surface area (Å²) in [4.78, 5) is 27.1. The summed E-state index contributed by atoms with van der Waals surface area (Å²) in [7, 11) is 0. The maximum atomic E-state index is 13.6. The van der Waals surface area contributed by atoms with Crippen LogP contribution in [0, 0.1) is 0 Å². The fourth-order valence-electron chi connectivity index (χ4n) is 5.28. The van der Waals surface area contributed by atoms with Gasteiger partial charge in [-0.2, -0.15) is 0 Å². The van der Waals surface area contributed by atoms with Crippen LogP contribution < -0.4 is 5.56 Å². The van der Waals surface area contributed by atoms with E-state index in [0.717, 1.165) is 58.8 Å². The Morgan fingerprint density at radius 1 is 0.914 bits per heavy atom. The predicted molar refractivity (Wildman–Crippen MR) is 137 cm³/mol. The Morgan fingerprint density at radius 2 is 1.77 bits per heavy atom. The summed E-state index contributed by atoms with van der Waals surface area (Å²) in [5, 5.41) is 13.2. The van der Waals surface area contributed by atoms with Gasteiger partial charge in [0.1, 0.15) is 0 Å². The molecule has 3 aromatic heterocycles. The highest BCUT2D eigenvalue weighted by molar-refractivity contribution is 6.06. The normalized spacial score (nSPS) is 18.2. The van der Waals surface area contributed by atoms with Crippen molar-refractivity contribution in [2.75, 3.05) is 0 Å². The molecule has 0 saturated heterocycles. The van der Waals surface area contributed by atoms with E-state index in [1.165, 1.54) is 0 Å². The SMILES string of the molecule is O=c1c2cc(Cc3ccc(-c4cccnc4)nc3)c3ccccc3c2ncn1[C@H]1CCCC[C@@H]1O. The smallest absolute Gasteiger partial charge is 0.261 e. The maximum Gasteiger partial charge on any atom is 0.261 e. The van der Waals surface area contributed by atoms with Gasteiger partial charge in [-0.3, -0.25) is 19.3 Å². The molecule has 2 atom stereocenters. The Morgan fingerprint density at radius 3 is 2.54 bits per heavy atom. The van der Waals surface area contributed by atoms with E-state index in [1.807, 2.05) is 48.7 Å². The summed E-state index contributed by atoms with van der Waals surface area (Å²) in [6.45, 7) is 0. The molecule has 0 spiro atoms. The monoisotopic (exact) mass is 462 g/mol. The van der Waals surface area contributed by atoms with Crippen molar-refractivity contribution in [3.05, 3.63) is 101 Å². The first-order valence-electron chi connectivity index (χ1n) is 12.1. The standard InChI is InChI=1S/C29H26N4O2/c34-27-10-4-3-9-26(27)33-18-32-28-23-8-2-1-7-22(23)21(15-24(28)29(33)35)14-19-11-12-25(31-16-19)20-6-5-13-30-17-20/h1-2,5-8,11-13,15-18,26-27,34H,3-4,9-10,14H2/t26-,27-/m0/s1. The molecule has 1 aliphatic carbocycles. The molecule has 5 aromatic rings. The van der Waals surface area contributed by atoms with Crippen molar-refractivity contribution in [1.82, 2.24) is 19.5 Å². The number of hydrogen-bond acceptors (Lipinski definition) is 5. The predicted octanol–water partition coefficient (Wildman–Crippen LogP) is 5.07. The Hall–Kier alpha value is -3.90. The van der Waals surface area contributed by atoms with Crippen LogP contribution in [-0.4, -0.2) is 30.7 Å². The fourth-order valence-corrected chi connectivity index (χ4v) is 5.28. The molecule has 3 heterocycles. The van der Waals surface area contributed by atoms with Gasteiger partial charge >= 0.3 is 0 Å². The average molecular weight is 463 g/mol. The van der Waals surface area contributed by atoms with Gasteiger partial charge in [-0.25, -0.2) is 4.98 Å². The third kappa shape index (κ3) is 4.00. The van der Waals surface area contributed by atoms with Crippen LogP contribution in [0.1, 0.15) is 42.9 Å². The van der Waals surface area contributed by atoms with Gasteiger partial charge in [0.2, 0.25) is 0 Å². The van der Waals surface area contributed by atoms with Gasteiger partial charge in [0, 0.05) is 29.5 Å². The van der Waals surface area contributed by atoms with E-state index in [-0.39, 0.29) is 11.6 Å². The highest BCUT2D eigenvalue weighted by Gasteiger charge is 2.26. The van der Waals surface area contributed by atoms with E-state index in [4.69, 9.17) is 4.98 Å². The lowest BCUT2D eigenvalue weighted by atomic mass is 9.92. The van der Waals surface area contributed by atoms with E-state index in [1.54, 1.807) is 23.3 Å². The number of aromatic nitrogens is 4. The zero-order chi connectivity index (χ0) is 23.8. The number of hydrogen-bond donors (Lipinski definition) is 1. The number of pyridine rings is 2. The summed E-state index contributed by atoms with van der Waals surface area (Å²) >= 11 is 0. The van der Waals surface area contributed by atoms with E-state index in [9.17, 15) is 9.90 Å². The fraction of sp³-hybridized carbons (Fsp3) is 0.241. The first kappa shape index (κ1) is 21.6. The Bertz CT molecular complexity index is 1560. The van der Waals surface area contributed by atoms with Crippen molar-refractivity contribution in [1.29, 1.82) is 0 Å². The topological polar surface area (TPSA) is 80.9 Å². The van der Waals surface area contributed by atoms with Gasteiger partial charge < -0.3 is 5.11 Å². The van der Waals surface area contributed by atoms with Gasteiger partial charge in [-0.1, -0.05) is 43.2 Å². The molecular formula is C29H26N4O2. The molecular weight excluding hydrogens is 436 g/mol. The van der Waals surface area contributed by atoms with Crippen molar-refractivity contribution >= 4 is 21.7 Å². The highest BCUT2D eigenvalue weighted by atomic mass is 16.3. The van der Waals surface area contributed by atoms with Crippen LogP contribution >= 0.6 is 0 Å². The number of nitrogens with zero attached hydrogens (tertiary/aromatic N) is 4. The van der Waals surface area contributed by atoms with E-state index in [2.05, 4.69) is 22.1 Å². The van der Waals surface area contributed by atoms with Crippen LogP contribution in [-0.2, 0) is 6.42 Å². The Kier molecular flexibility index (Phi) is 5.58. The molecule has 0 unspecified atom stereocenters. The first-order valence-corrected chi connectivity index (χ1v) is 12.1. The van der Waals surface area contributed by atoms with Crippen molar-refractivity contribution in [2.24, 2.45) is 0 Å². The van der Waals surface area contributed by atoms with Crippen molar-refractivity contribution in [3.63, 3.8) is 0 Å². The summed E-state index contributed by atoms with van der Waals surface area (Å²) in [5.41, 5.74) is 4.60. The molecule has 1 aliphatic rings. The average Bonchev–Trinajstić information content (AvgIpc) is 2.91. The molecule has 0 aliphatic heterocycles. The van der Waals surface area contributed by atoms with Crippen LogP contribution in [0.3, 0.4) is 0 Å². The summed E-state index contributed by atoms with van der Waals surface area (Å²) < 4.78 is 1.65. The lowest BCUT2D eigenvalue weighted by Gasteiger charge is -2.29. The second-order valence-corrected chi connectivity index (χ2v) is 9.32. The molecule has 35 heavy (non-hydrogen) atoms. The first-order chi connectivity index (χ1) is 17.2. The number of aliphatic hydroxyl groups excluding tert-OH is 1. The summed E-state index contributed by atoms with van der Waals surface area (Å²) in [6, 6.07) is 17.8. The lowest BCUT2D eigenvalue weighted by molar-refractivity contribution is 0.0735. The Labute approximate surface area is 203 Å². The van der Waals surface area contributed by atoms with Crippen molar-refractivity contribution in [3.8, 4) is 11.3 Å². The van der Waals surface area contributed by atoms with Gasteiger partial charge in [-0.05, 0) is 60.0 Å². The van der Waals surface area contributed by atoms with Crippen LogP contribution in [0.4, 0.5) is 0 Å². The second kappa shape index (κ2) is 9.04. The lowest BCUT2D eigenvalue weighted by Crippen LogP contribution is -2.34. The molecule has 0 radical (unpaired) electrons. The van der Waals surface area contributed by atoms with Crippen LogP contribution in [0.15, 0.2) is 84.3 Å². The van der Waals surface area contributed by atoms with Crippen LogP contribution in [0.2, 0.25) is 0 Å². The minimum Gasteiger partial charge on any atom is -0.391 e. The minimum atomic E-state index is -0.509. The van der Waals surface area contributed by atoms with Gasteiger partial charge in [0.25, 0.3) is 5.56 Å². The van der Waals surface area contributed by atoms with Crippen LogP contribution in [0.5, 0.6) is 0 Å². The highest BCUT2D eigenvalue weighted by Crippen LogP contribution is 2.30. The quantitative estimate of drug-likeness (QED) is 0.377. The maximum absolute atomic E-state index is 13.6. The molecule has 6 nitrogen and oxygen atoms in total. The molecule has 2 aromatic carbocycles.